The van der Waals surface area contributed by atoms with Gasteiger partial charge in [0.2, 0.25) is 0 Å². The van der Waals surface area contributed by atoms with E-state index in [-0.39, 0.29) is 6.10 Å². The summed E-state index contributed by atoms with van der Waals surface area (Å²) in [5.74, 6) is 0. The fourth-order valence-corrected chi connectivity index (χ4v) is 2.71. The van der Waals surface area contributed by atoms with Gasteiger partial charge in [-0.15, -0.1) is 0 Å². The van der Waals surface area contributed by atoms with Crippen LogP contribution in [0.5, 0.6) is 0 Å². The Bertz CT molecular complexity index is 229. The molecule has 0 N–H and O–H groups in total. The Hall–Kier alpha value is -0.120. The molecule has 1 saturated heterocycles. The average molecular weight is 300 g/mol. The van der Waals surface area contributed by atoms with Crippen molar-refractivity contribution >= 4 is 0 Å². The smallest absolute Gasteiger partial charge is 0.104 e. The summed E-state index contributed by atoms with van der Waals surface area (Å²) in [4.78, 5) is 0. The van der Waals surface area contributed by atoms with Gasteiger partial charge in [-0.1, -0.05) is 51.9 Å². The van der Waals surface area contributed by atoms with Gasteiger partial charge in [-0.05, 0) is 26.7 Å². The molecule has 1 heterocycles. The van der Waals surface area contributed by atoms with Gasteiger partial charge in [-0.2, -0.15) is 0 Å². The van der Waals surface area contributed by atoms with Crippen LogP contribution < -0.4 is 0 Å². The quantitative estimate of drug-likeness (QED) is 0.324. The monoisotopic (exact) mass is 300 g/mol. The van der Waals surface area contributed by atoms with Gasteiger partial charge in [0, 0.05) is 6.61 Å². The standard InChI is InChI=1S/C18H36O3/c1-4-6-7-8-9-10-11-12-17(19-5-2)13-16(3)20-14-18-15-21-18/h16-18H,4-15H2,1-3H3. The van der Waals surface area contributed by atoms with E-state index in [0.29, 0.717) is 12.2 Å². The minimum atomic E-state index is 0.273. The maximum atomic E-state index is 5.87. The summed E-state index contributed by atoms with van der Waals surface area (Å²) in [7, 11) is 0. The van der Waals surface area contributed by atoms with Crippen LogP contribution in [0.25, 0.3) is 0 Å². The molecular formula is C18H36O3. The Morgan fingerprint density at radius 3 is 2.29 bits per heavy atom. The van der Waals surface area contributed by atoms with Crippen molar-refractivity contribution in [1.29, 1.82) is 0 Å². The number of epoxide rings is 1. The lowest BCUT2D eigenvalue weighted by Gasteiger charge is -2.21. The summed E-state index contributed by atoms with van der Waals surface area (Å²) in [5.41, 5.74) is 0. The summed E-state index contributed by atoms with van der Waals surface area (Å²) in [6.45, 7) is 8.93. The minimum Gasteiger partial charge on any atom is -0.378 e. The number of unbranched alkanes of at least 4 members (excludes halogenated alkanes) is 6. The first kappa shape index (κ1) is 18.9. The first-order valence-electron chi connectivity index (χ1n) is 9.11. The molecule has 0 spiro atoms. The van der Waals surface area contributed by atoms with Crippen LogP contribution in [0, 0.1) is 0 Å². The number of ether oxygens (including phenoxy) is 3. The molecule has 0 bridgehead atoms. The van der Waals surface area contributed by atoms with Crippen LogP contribution in [0.2, 0.25) is 0 Å². The maximum absolute atomic E-state index is 5.87. The van der Waals surface area contributed by atoms with E-state index in [1.54, 1.807) is 0 Å². The summed E-state index contributed by atoms with van der Waals surface area (Å²) in [5, 5.41) is 0. The van der Waals surface area contributed by atoms with Crippen molar-refractivity contribution in [3.8, 4) is 0 Å². The van der Waals surface area contributed by atoms with E-state index in [9.17, 15) is 0 Å². The zero-order valence-corrected chi connectivity index (χ0v) is 14.4. The topological polar surface area (TPSA) is 31.0 Å². The Morgan fingerprint density at radius 2 is 1.67 bits per heavy atom. The normalized spacial score (nSPS) is 20.4. The van der Waals surface area contributed by atoms with Crippen LogP contribution >= 0.6 is 0 Å². The van der Waals surface area contributed by atoms with Crippen molar-refractivity contribution in [3.05, 3.63) is 0 Å². The lowest BCUT2D eigenvalue weighted by atomic mass is 10.0. The van der Waals surface area contributed by atoms with Crippen molar-refractivity contribution in [2.45, 2.75) is 96.9 Å². The molecule has 3 nitrogen and oxygen atoms in total. The fraction of sp³-hybridized carbons (Fsp3) is 1.00. The van der Waals surface area contributed by atoms with Crippen LogP contribution in [0.15, 0.2) is 0 Å². The van der Waals surface area contributed by atoms with E-state index in [4.69, 9.17) is 14.2 Å². The second-order valence-corrected chi connectivity index (χ2v) is 6.32. The van der Waals surface area contributed by atoms with Crippen LogP contribution in [0.4, 0.5) is 0 Å². The zero-order chi connectivity index (χ0) is 15.3. The van der Waals surface area contributed by atoms with Crippen LogP contribution in [-0.4, -0.2) is 38.1 Å². The van der Waals surface area contributed by atoms with E-state index in [0.717, 1.165) is 26.2 Å². The molecule has 0 aromatic carbocycles. The highest BCUT2D eigenvalue weighted by Gasteiger charge is 2.24. The Balaban J connectivity index is 2.01. The van der Waals surface area contributed by atoms with Gasteiger partial charge in [-0.3, -0.25) is 0 Å². The molecule has 0 aromatic heterocycles. The Kier molecular flexibility index (Phi) is 11.2. The van der Waals surface area contributed by atoms with Crippen molar-refractivity contribution in [2.24, 2.45) is 0 Å². The molecule has 0 aromatic rings. The second-order valence-electron chi connectivity index (χ2n) is 6.32. The first-order chi connectivity index (χ1) is 10.3. The number of rotatable bonds is 15. The van der Waals surface area contributed by atoms with E-state index in [2.05, 4.69) is 20.8 Å². The molecule has 1 rings (SSSR count). The fourth-order valence-electron chi connectivity index (χ4n) is 2.71. The molecule has 3 atom stereocenters. The third-order valence-electron chi connectivity index (χ3n) is 4.10. The molecule has 3 unspecified atom stereocenters. The lowest BCUT2D eigenvalue weighted by molar-refractivity contribution is -0.0140. The number of hydrogen-bond acceptors (Lipinski definition) is 3. The third-order valence-corrected chi connectivity index (χ3v) is 4.10. The predicted molar refractivity (Wildman–Crippen MR) is 87.8 cm³/mol. The van der Waals surface area contributed by atoms with Gasteiger partial charge in [0.25, 0.3) is 0 Å². The molecule has 1 aliphatic rings. The number of hydrogen-bond donors (Lipinski definition) is 0. The van der Waals surface area contributed by atoms with Gasteiger partial charge in [0.15, 0.2) is 0 Å². The van der Waals surface area contributed by atoms with Crippen molar-refractivity contribution in [2.75, 3.05) is 19.8 Å². The van der Waals surface area contributed by atoms with Gasteiger partial charge in [0.05, 0.1) is 25.4 Å². The molecule has 126 valence electrons. The third kappa shape index (κ3) is 11.1. The molecule has 0 amide bonds. The van der Waals surface area contributed by atoms with Crippen molar-refractivity contribution in [1.82, 2.24) is 0 Å². The molecule has 0 saturated carbocycles. The highest BCUT2D eigenvalue weighted by atomic mass is 16.6. The molecular weight excluding hydrogens is 264 g/mol. The average Bonchev–Trinajstić information content (AvgIpc) is 3.28. The highest BCUT2D eigenvalue weighted by Crippen LogP contribution is 2.17. The maximum Gasteiger partial charge on any atom is 0.104 e. The van der Waals surface area contributed by atoms with Crippen LogP contribution in [-0.2, 0) is 14.2 Å². The predicted octanol–water partition coefficient (Wildman–Crippen LogP) is 4.73. The largest absolute Gasteiger partial charge is 0.378 e. The molecule has 0 aliphatic carbocycles. The van der Waals surface area contributed by atoms with Crippen molar-refractivity contribution in [3.63, 3.8) is 0 Å². The van der Waals surface area contributed by atoms with E-state index < -0.39 is 0 Å². The lowest BCUT2D eigenvalue weighted by Crippen LogP contribution is -2.22. The van der Waals surface area contributed by atoms with E-state index in [1.807, 2.05) is 0 Å². The van der Waals surface area contributed by atoms with Gasteiger partial charge >= 0.3 is 0 Å². The van der Waals surface area contributed by atoms with Crippen molar-refractivity contribution < 1.29 is 14.2 Å². The SMILES string of the molecule is CCCCCCCCCC(CC(C)OCC1CO1)OCC. The Morgan fingerprint density at radius 1 is 1.00 bits per heavy atom. The molecule has 1 fully saturated rings. The second kappa shape index (κ2) is 12.4. The Labute approximate surface area is 131 Å². The molecule has 0 radical (unpaired) electrons. The van der Waals surface area contributed by atoms with E-state index >= 15 is 0 Å². The summed E-state index contributed by atoms with van der Waals surface area (Å²) < 4.78 is 16.9. The van der Waals surface area contributed by atoms with Crippen LogP contribution in [0.1, 0.15) is 78.6 Å². The van der Waals surface area contributed by atoms with Crippen LogP contribution in [0.3, 0.4) is 0 Å². The van der Waals surface area contributed by atoms with Gasteiger partial charge in [0.1, 0.15) is 6.10 Å². The highest BCUT2D eigenvalue weighted by molar-refractivity contribution is 4.70. The van der Waals surface area contributed by atoms with E-state index in [1.165, 1.54) is 51.4 Å². The minimum absolute atomic E-state index is 0.273. The summed E-state index contributed by atoms with van der Waals surface area (Å²) >= 11 is 0. The molecule has 3 heteroatoms. The molecule has 21 heavy (non-hydrogen) atoms. The molecule has 1 aliphatic heterocycles. The zero-order valence-electron chi connectivity index (χ0n) is 14.4. The van der Waals surface area contributed by atoms with Gasteiger partial charge in [-0.25, -0.2) is 0 Å². The first-order valence-corrected chi connectivity index (χ1v) is 9.11. The van der Waals surface area contributed by atoms with Gasteiger partial charge < -0.3 is 14.2 Å². The summed E-state index contributed by atoms with van der Waals surface area (Å²) in [6.07, 6.45) is 12.7. The summed E-state index contributed by atoms with van der Waals surface area (Å²) in [6, 6.07) is 0.